The van der Waals surface area contributed by atoms with Crippen molar-refractivity contribution in [3.8, 4) is 11.5 Å². The molecule has 2 amide bonds. The first kappa shape index (κ1) is 23.3. The highest BCUT2D eigenvalue weighted by Gasteiger charge is 2.47. The molecule has 2 atom stereocenters. The monoisotopic (exact) mass is 472 g/mol. The van der Waals surface area contributed by atoms with Crippen molar-refractivity contribution < 1.29 is 27.5 Å². The van der Waals surface area contributed by atoms with Gasteiger partial charge >= 0.3 is 0 Å². The molecule has 9 heteroatoms. The van der Waals surface area contributed by atoms with E-state index in [1.165, 1.54) is 18.1 Å². The molecule has 0 aromatic heterocycles. The molecule has 0 spiro atoms. The molecule has 33 heavy (non-hydrogen) atoms. The number of rotatable bonds is 8. The van der Waals surface area contributed by atoms with Crippen molar-refractivity contribution in [2.24, 2.45) is 11.8 Å². The number of ether oxygens (including phenoxy) is 2. The van der Waals surface area contributed by atoms with Gasteiger partial charge in [0.15, 0.2) is 0 Å². The summed E-state index contributed by atoms with van der Waals surface area (Å²) in [5.74, 6) is 0.0352. The van der Waals surface area contributed by atoms with Crippen molar-refractivity contribution >= 4 is 21.8 Å². The minimum atomic E-state index is -3.93. The average Bonchev–Trinajstić information content (AvgIpc) is 3.08. The zero-order valence-corrected chi connectivity index (χ0v) is 19.6. The summed E-state index contributed by atoms with van der Waals surface area (Å²) in [7, 11) is -0.986. The molecule has 1 heterocycles. The molecular weight excluding hydrogens is 444 g/mol. The Bertz CT molecular complexity index is 1140. The third-order valence-corrected chi connectivity index (χ3v) is 7.81. The summed E-state index contributed by atoms with van der Waals surface area (Å²) >= 11 is 0. The Labute approximate surface area is 193 Å². The van der Waals surface area contributed by atoms with Gasteiger partial charge in [-0.25, -0.2) is 13.1 Å². The molecule has 1 aliphatic heterocycles. The number of carbonyl (C=O) groups excluding carboxylic acids is 2. The van der Waals surface area contributed by atoms with E-state index in [1.807, 2.05) is 0 Å². The Morgan fingerprint density at radius 3 is 2.27 bits per heavy atom. The largest absolute Gasteiger partial charge is 0.497 e. The minimum absolute atomic E-state index is 0.0399. The number of nitrogens with zero attached hydrogens (tertiary/aromatic N) is 1. The minimum Gasteiger partial charge on any atom is -0.497 e. The maximum atomic E-state index is 13.1. The quantitative estimate of drug-likeness (QED) is 0.593. The number of carbonyl (C=O) groups is 2. The third-order valence-electron chi connectivity index (χ3n) is 6.39. The van der Waals surface area contributed by atoms with Crippen LogP contribution in [-0.4, -0.2) is 39.4 Å². The lowest BCUT2D eigenvalue weighted by Crippen LogP contribution is -2.30. The fourth-order valence-corrected chi connectivity index (χ4v) is 5.87. The van der Waals surface area contributed by atoms with Gasteiger partial charge in [0.25, 0.3) is 0 Å². The topological polar surface area (TPSA) is 102 Å². The van der Waals surface area contributed by atoms with E-state index in [-0.39, 0.29) is 47.4 Å². The summed E-state index contributed by atoms with van der Waals surface area (Å²) in [6.07, 6.45) is 3.39. The van der Waals surface area contributed by atoms with Crippen LogP contribution in [0.5, 0.6) is 11.5 Å². The summed E-state index contributed by atoms with van der Waals surface area (Å²) in [6.45, 7) is 0.117. The lowest BCUT2D eigenvalue weighted by atomic mass is 9.81. The molecule has 8 nitrogen and oxygen atoms in total. The van der Waals surface area contributed by atoms with Gasteiger partial charge in [-0.1, -0.05) is 31.0 Å². The molecule has 2 fully saturated rings. The van der Waals surface area contributed by atoms with Gasteiger partial charge in [-0.05, 0) is 48.2 Å². The first-order valence-corrected chi connectivity index (χ1v) is 12.5. The smallest absolute Gasteiger partial charge is 0.244 e. The number of fused-ring (bicyclic) bond motifs is 1. The fourth-order valence-electron chi connectivity index (χ4n) is 4.64. The maximum Gasteiger partial charge on any atom is 0.244 e. The van der Waals surface area contributed by atoms with Crippen molar-refractivity contribution in [2.45, 2.75) is 43.7 Å². The SMILES string of the molecule is COc1cccc(CNS(=O)(=O)c2cc(CN3C(=O)[C@@H]4CCCC[C@H]4C3=O)ccc2OC)c1. The highest BCUT2D eigenvalue weighted by Crippen LogP contribution is 2.39. The Hall–Kier alpha value is -2.91. The molecule has 1 saturated heterocycles. The number of nitrogens with one attached hydrogen (secondary N) is 1. The van der Waals surface area contributed by atoms with Gasteiger partial charge in [-0.15, -0.1) is 0 Å². The second kappa shape index (κ2) is 9.52. The van der Waals surface area contributed by atoms with Gasteiger partial charge < -0.3 is 9.47 Å². The van der Waals surface area contributed by atoms with Crippen molar-refractivity contribution in [1.29, 1.82) is 0 Å². The highest BCUT2D eigenvalue weighted by molar-refractivity contribution is 7.89. The van der Waals surface area contributed by atoms with Crippen LogP contribution in [0.1, 0.15) is 36.8 Å². The number of likely N-dealkylation sites (tertiary alicyclic amines) is 1. The molecule has 1 saturated carbocycles. The molecule has 1 N–H and O–H groups in total. The molecule has 0 radical (unpaired) electrons. The van der Waals surface area contributed by atoms with Gasteiger partial charge in [0.1, 0.15) is 16.4 Å². The molecule has 2 aliphatic rings. The Kier molecular flexibility index (Phi) is 6.71. The zero-order chi connectivity index (χ0) is 23.6. The van der Waals surface area contributed by atoms with E-state index in [4.69, 9.17) is 9.47 Å². The van der Waals surface area contributed by atoms with Crippen LogP contribution in [0.25, 0.3) is 0 Å². The predicted molar refractivity (Wildman–Crippen MR) is 121 cm³/mol. The molecule has 1 aliphatic carbocycles. The number of amides is 2. The lowest BCUT2D eigenvalue weighted by Gasteiger charge is -2.19. The van der Waals surface area contributed by atoms with Gasteiger partial charge in [-0.3, -0.25) is 14.5 Å². The molecule has 2 aromatic carbocycles. The standard InChI is InChI=1S/C24H28N2O6S/c1-31-18-7-5-6-16(12-18)14-25-33(29,30)22-13-17(10-11-21(22)32-2)15-26-23(27)19-8-3-4-9-20(19)24(26)28/h5-7,10-13,19-20,25H,3-4,8-9,14-15H2,1-2H3/t19-,20-/m1/s1. The fraction of sp³-hybridized carbons (Fsp3) is 0.417. The van der Waals surface area contributed by atoms with Crippen molar-refractivity contribution in [2.75, 3.05) is 14.2 Å². The molecule has 2 aromatic rings. The van der Waals surface area contributed by atoms with E-state index >= 15 is 0 Å². The molecule has 0 bridgehead atoms. The second-order valence-corrected chi connectivity index (χ2v) is 10.2. The number of methoxy groups -OCH3 is 2. The second-order valence-electron chi connectivity index (χ2n) is 8.42. The van der Waals surface area contributed by atoms with Crippen LogP contribution >= 0.6 is 0 Å². The van der Waals surface area contributed by atoms with Crippen LogP contribution in [-0.2, 0) is 32.7 Å². The van der Waals surface area contributed by atoms with E-state index in [2.05, 4.69) is 4.72 Å². The van der Waals surface area contributed by atoms with E-state index < -0.39 is 10.0 Å². The molecular formula is C24H28N2O6S. The maximum absolute atomic E-state index is 13.1. The first-order chi connectivity index (χ1) is 15.8. The summed E-state index contributed by atoms with van der Waals surface area (Å²) < 4.78 is 39.2. The van der Waals surface area contributed by atoms with Crippen LogP contribution in [0, 0.1) is 11.8 Å². The van der Waals surface area contributed by atoms with Gasteiger partial charge in [0, 0.05) is 6.54 Å². The van der Waals surface area contributed by atoms with Crippen molar-refractivity contribution in [3.63, 3.8) is 0 Å². The van der Waals surface area contributed by atoms with Gasteiger partial charge in [0.05, 0.1) is 32.6 Å². The van der Waals surface area contributed by atoms with Crippen LogP contribution in [0.3, 0.4) is 0 Å². The molecule has 176 valence electrons. The molecule has 0 unspecified atom stereocenters. The van der Waals surface area contributed by atoms with Crippen LogP contribution < -0.4 is 14.2 Å². The highest BCUT2D eigenvalue weighted by atomic mass is 32.2. The number of hydrogen-bond donors (Lipinski definition) is 1. The summed E-state index contributed by atoms with van der Waals surface area (Å²) in [5.41, 5.74) is 1.29. The number of benzene rings is 2. The van der Waals surface area contributed by atoms with E-state index in [1.54, 1.807) is 43.5 Å². The Balaban J connectivity index is 1.55. The Morgan fingerprint density at radius 2 is 1.64 bits per heavy atom. The number of hydrogen-bond acceptors (Lipinski definition) is 6. The van der Waals surface area contributed by atoms with Crippen LogP contribution in [0.4, 0.5) is 0 Å². The van der Waals surface area contributed by atoms with Crippen molar-refractivity contribution in [3.05, 3.63) is 53.6 Å². The number of sulfonamides is 1. The van der Waals surface area contributed by atoms with E-state index in [0.29, 0.717) is 11.3 Å². The normalized spacial score (nSPS) is 20.6. The summed E-state index contributed by atoms with van der Waals surface area (Å²) in [5, 5.41) is 0. The predicted octanol–water partition coefficient (Wildman–Crippen LogP) is 2.86. The first-order valence-electron chi connectivity index (χ1n) is 11.0. The summed E-state index contributed by atoms with van der Waals surface area (Å²) in [4.78, 5) is 26.9. The lowest BCUT2D eigenvalue weighted by molar-refractivity contribution is -0.140. The van der Waals surface area contributed by atoms with Gasteiger partial charge in [0.2, 0.25) is 21.8 Å². The number of imide groups is 1. The van der Waals surface area contributed by atoms with E-state index in [9.17, 15) is 18.0 Å². The third kappa shape index (κ3) is 4.74. The average molecular weight is 473 g/mol. The summed E-state index contributed by atoms with van der Waals surface area (Å²) in [6, 6.07) is 11.8. The van der Waals surface area contributed by atoms with Crippen LogP contribution in [0.2, 0.25) is 0 Å². The van der Waals surface area contributed by atoms with Gasteiger partial charge in [-0.2, -0.15) is 0 Å². The van der Waals surface area contributed by atoms with Crippen molar-refractivity contribution in [1.82, 2.24) is 9.62 Å². The van der Waals surface area contributed by atoms with Crippen LogP contribution in [0.15, 0.2) is 47.4 Å². The van der Waals surface area contributed by atoms with E-state index in [0.717, 1.165) is 31.2 Å². The molecule has 4 rings (SSSR count). The Morgan fingerprint density at radius 1 is 0.939 bits per heavy atom. The zero-order valence-electron chi connectivity index (χ0n) is 18.7.